The molecule has 0 bridgehead atoms. The molecule has 3 heterocycles. The maximum atomic E-state index is 13.4. The normalized spacial score (nSPS) is 15.8. The molecule has 4 rings (SSSR count). The van der Waals surface area contributed by atoms with Gasteiger partial charge in [0.05, 0.1) is 37.2 Å². The lowest BCUT2D eigenvalue weighted by molar-refractivity contribution is -0.258. The molecule has 0 spiro atoms. The first-order valence-corrected chi connectivity index (χ1v) is 11.6. The number of aromatic nitrogens is 3. The van der Waals surface area contributed by atoms with Crippen LogP contribution in [0.3, 0.4) is 0 Å². The third kappa shape index (κ3) is 6.62. The molecule has 40 heavy (non-hydrogen) atoms. The summed E-state index contributed by atoms with van der Waals surface area (Å²) in [6, 6.07) is 4.05. The Morgan fingerprint density at radius 3 is 2.27 bits per heavy atom. The van der Waals surface area contributed by atoms with Crippen LogP contribution in [-0.2, 0) is 26.3 Å². The number of hydrogen-bond donors (Lipinski definition) is 3. The predicted octanol–water partition coefficient (Wildman–Crippen LogP) is 3.09. The van der Waals surface area contributed by atoms with Crippen LogP contribution in [0, 0.1) is 6.92 Å². The number of alkyl halides is 6. The Morgan fingerprint density at radius 2 is 1.73 bits per heavy atom. The molecule has 1 aliphatic heterocycles. The third-order valence-corrected chi connectivity index (χ3v) is 6.13. The number of imidazole rings is 1. The number of halogens is 6. The molecular weight excluding hydrogens is 552 g/mol. The largest absolute Gasteiger partial charge is 0.490 e. The average Bonchev–Trinajstić information content (AvgIpc) is 3.28. The lowest BCUT2D eigenvalue weighted by atomic mass is 9.91. The van der Waals surface area contributed by atoms with E-state index in [4.69, 9.17) is 20.4 Å². The van der Waals surface area contributed by atoms with Crippen LogP contribution in [0.5, 0.6) is 0 Å². The molecule has 1 aliphatic rings. The summed E-state index contributed by atoms with van der Waals surface area (Å²) < 4.78 is 78.8. The van der Waals surface area contributed by atoms with Crippen LogP contribution < -0.4 is 5.73 Å². The first-order chi connectivity index (χ1) is 18.4. The Morgan fingerprint density at radius 1 is 1.12 bits per heavy atom. The fraction of sp³-hybridized carbons (Fsp3) is 0.417. The number of nitrogen functional groups attached to an aromatic ring is 1. The number of morpholine rings is 1. The number of aryl methyl sites for hydroxylation is 1. The van der Waals surface area contributed by atoms with Crippen molar-refractivity contribution < 1.29 is 50.9 Å². The van der Waals surface area contributed by atoms with E-state index in [0.29, 0.717) is 61.4 Å². The van der Waals surface area contributed by atoms with Crippen LogP contribution in [0.4, 0.5) is 32.2 Å². The molecule has 0 saturated carbocycles. The zero-order chi connectivity index (χ0) is 30.0. The van der Waals surface area contributed by atoms with Gasteiger partial charge in [0.25, 0.3) is 0 Å². The standard InChI is InChI=1S/C22H24F3N5O3.C2HF3O2/c1-13-3-4-14(21(2,32)22(23,24)25)9-16(13)17-11-27-20-19(26)28-15(12-30(17)20)10-18(31)29-5-7-33-8-6-29;3-2(4,5)1(6)7/h3-4,9,11-12,32H,5-8,10H2,1-2H3,(H2,26,28);(H,6,7). The number of carboxylic acids is 1. The number of benzene rings is 1. The molecule has 1 aromatic carbocycles. The minimum Gasteiger partial charge on any atom is -0.475 e. The summed E-state index contributed by atoms with van der Waals surface area (Å²) in [5.74, 6) is -2.78. The topological polar surface area (TPSA) is 143 Å². The Balaban J connectivity index is 0.000000559. The maximum absolute atomic E-state index is 13.4. The van der Waals surface area contributed by atoms with E-state index in [0.717, 1.165) is 0 Å². The highest BCUT2D eigenvalue weighted by Gasteiger charge is 2.51. The van der Waals surface area contributed by atoms with Gasteiger partial charge in [0.15, 0.2) is 17.1 Å². The molecule has 10 nitrogen and oxygen atoms in total. The van der Waals surface area contributed by atoms with Crippen LogP contribution in [0.15, 0.2) is 30.6 Å². The molecule has 16 heteroatoms. The molecule has 0 radical (unpaired) electrons. The van der Waals surface area contributed by atoms with Crippen molar-refractivity contribution in [3.8, 4) is 11.3 Å². The monoisotopic (exact) mass is 577 g/mol. The van der Waals surface area contributed by atoms with Gasteiger partial charge in [-0.25, -0.2) is 14.8 Å². The van der Waals surface area contributed by atoms with Gasteiger partial charge in [-0.15, -0.1) is 0 Å². The van der Waals surface area contributed by atoms with Crippen LogP contribution in [0.2, 0.25) is 0 Å². The van der Waals surface area contributed by atoms with Crippen molar-refractivity contribution in [3.05, 3.63) is 47.4 Å². The SMILES string of the molecule is Cc1ccc(C(C)(O)C(F)(F)F)cc1-c1cnc2c(N)nc(CC(=O)N3CCOCC3)cn12.O=C(O)C(F)(F)F. The van der Waals surface area contributed by atoms with Gasteiger partial charge in [0.2, 0.25) is 5.91 Å². The minimum absolute atomic E-state index is 0.0135. The van der Waals surface area contributed by atoms with Gasteiger partial charge in [-0.05, 0) is 31.0 Å². The number of carbonyl (C=O) groups excluding carboxylic acids is 1. The maximum Gasteiger partial charge on any atom is 0.490 e. The fourth-order valence-electron chi connectivity index (χ4n) is 3.79. The summed E-state index contributed by atoms with van der Waals surface area (Å²) in [5.41, 5.74) is 5.07. The number of rotatable bonds is 4. The molecule has 1 saturated heterocycles. The number of nitrogens with two attached hydrogens (primary N) is 1. The van der Waals surface area contributed by atoms with Gasteiger partial charge in [-0.3, -0.25) is 9.20 Å². The number of nitrogens with zero attached hydrogens (tertiary/aromatic N) is 4. The second-order valence-electron chi connectivity index (χ2n) is 9.03. The molecule has 2 aromatic heterocycles. The highest BCUT2D eigenvalue weighted by atomic mass is 19.4. The summed E-state index contributed by atoms with van der Waals surface area (Å²) in [6.07, 6.45) is -6.82. The summed E-state index contributed by atoms with van der Waals surface area (Å²) >= 11 is 0. The Kier molecular flexibility index (Phi) is 8.64. The molecule has 1 atom stereocenters. The number of ether oxygens (including phenoxy) is 1. The molecule has 1 amide bonds. The smallest absolute Gasteiger partial charge is 0.475 e. The lowest BCUT2D eigenvalue weighted by Gasteiger charge is -2.27. The van der Waals surface area contributed by atoms with E-state index < -0.39 is 23.9 Å². The molecule has 3 aromatic rings. The van der Waals surface area contributed by atoms with Crippen molar-refractivity contribution in [1.29, 1.82) is 0 Å². The number of aliphatic carboxylic acids is 1. The van der Waals surface area contributed by atoms with E-state index in [1.807, 2.05) is 0 Å². The Labute approximate surface area is 223 Å². The van der Waals surface area contributed by atoms with Crippen LogP contribution in [-0.4, -0.2) is 80.0 Å². The Bertz CT molecular complexity index is 1400. The number of carbonyl (C=O) groups is 2. The number of fused-ring (bicyclic) bond motifs is 1. The quantitative estimate of drug-likeness (QED) is 0.402. The molecular formula is C24H25F6N5O5. The first-order valence-electron chi connectivity index (χ1n) is 11.6. The second kappa shape index (κ2) is 11.3. The van der Waals surface area contributed by atoms with E-state index in [-0.39, 0.29) is 23.7 Å². The van der Waals surface area contributed by atoms with E-state index in [2.05, 4.69) is 9.97 Å². The van der Waals surface area contributed by atoms with Crippen molar-refractivity contribution in [1.82, 2.24) is 19.3 Å². The molecule has 4 N–H and O–H groups in total. The fourth-order valence-corrected chi connectivity index (χ4v) is 3.79. The first kappa shape index (κ1) is 30.6. The summed E-state index contributed by atoms with van der Waals surface area (Å²) in [6.45, 7) is 4.41. The number of carboxylic acid groups (broad SMARTS) is 1. The summed E-state index contributed by atoms with van der Waals surface area (Å²) in [7, 11) is 0. The zero-order valence-electron chi connectivity index (χ0n) is 21.2. The number of aliphatic hydroxyl groups is 1. The van der Waals surface area contributed by atoms with Gasteiger partial charge in [0, 0.05) is 24.8 Å². The van der Waals surface area contributed by atoms with Gasteiger partial charge in [-0.1, -0.05) is 12.1 Å². The van der Waals surface area contributed by atoms with Crippen molar-refractivity contribution in [3.63, 3.8) is 0 Å². The van der Waals surface area contributed by atoms with Gasteiger partial charge >= 0.3 is 18.3 Å². The summed E-state index contributed by atoms with van der Waals surface area (Å²) in [5, 5.41) is 17.3. The van der Waals surface area contributed by atoms with Crippen molar-refractivity contribution in [2.45, 2.75) is 38.2 Å². The molecule has 1 unspecified atom stereocenters. The number of hydrogen-bond acceptors (Lipinski definition) is 7. The predicted molar refractivity (Wildman–Crippen MR) is 128 cm³/mol. The molecule has 1 fully saturated rings. The third-order valence-electron chi connectivity index (χ3n) is 6.13. The molecule has 0 aliphatic carbocycles. The summed E-state index contributed by atoms with van der Waals surface area (Å²) in [4.78, 5) is 31.8. The van der Waals surface area contributed by atoms with E-state index in [9.17, 15) is 36.2 Å². The van der Waals surface area contributed by atoms with E-state index in [1.165, 1.54) is 24.4 Å². The second-order valence-corrected chi connectivity index (χ2v) is 9.03. The number of anilines is 1. The van der Waals surface area contributed by atoms with Gasteiger partial charge in [0.1, 0.15) is 0 Å². The van der Waals surface area contributed by atoms with Crippen molar-refractivity contribution >= 4 is 23.3 Å². The van der Waals surface area contributed by atoms with E-state index in [1.54, 1.807) is 22.4 Å². The van der Waals surface area contributed by atoms with Gasteiger partial charge in [-0.2, -0.15) is 26.3 Å². The Hall–Kier alpha value is -3.92. The van der Waals surface area contributed by atoms with Crippen molar-refractivity contribution in [2.24, 2.45) is 0 Å². The minimum atomic E-state index is -5.08. The van der Waals surface area contributed by atoms with Crippen LogP contribution in [0.25, 0.3) is 16.9 Å². The lowest BCUT2D eigenvalue weighted by Crippen LogP contribution is -2.41. The van der Waals surface area contributed by atoms with Crippen LogP contribution >= 0.6 is 0 Å². The molecule has 218 valence electrons. The average molecular weight is 577 g/mol. The zero-order valence-corrected chi connectivity index (χ0v) is 21.2. The highest BCUT2D eigenvalue weighted by molar-refractivity contribution is 5.79. The number of amides is 1. The highest BCUT2D eigenvalue weighted by Crippen LogP contribution is 2.40. The van der Waals surface area contributed by atoms with E-state index >= 15 is 0 Å². The van der Waals surface area contributed by atoms with Gasteiger partial charge < -0.3 is 25.6 Å². The van der Waals surface area contributed by atoms with Crippen LogP contribution in [0.1, 0.15) is 23.7 Å². The van der Waals surface area contributed by atoms with Crippen molar-refractivity contribution in [2.75, 3.05) is 32.0 Å².